The third-order valence-electron chi connectivity index (χ3n) is 3.02. The minimum absolute atomic E-state index is 0.236. The van der Waals surface area contributed by atoms with E-state index in [2.05, 4.69) is 5.32 Å². The summed E-state index contributed by atoms with van der Waals surface area (Å²) in [5.74, 6) is -0.521. The molecule has 102 valence electrons. The Morgan fingerprint density at radius 1 is 1.25 bits per heavy atom. The number of rotatable bonds is 2. The first kappa shape index (κ1) is 13.4. The molecule has 1 amide bonds. The molecule has 2 aromatic carbocycles. The summed E-state index contributed by atoms with van der Waals surface area (Å²) in [4.78, 5) is 13.2. The van der Waals surface area contributed by atoms with Gasteiger partial charge in [-0.15, -0.1) is 0 Å². The van der Waals surface area contributed by atoms with E-state index in [4.69, 9.17) is 17.3 Å². The predicted octanol–water partition coefficient (Wildman–Crippen LogP) is 3.58. The summed E-state index contributed by atoms with van der Waals surface area (Å²) in [5.41, 5.74) is 7.13. The zero-order chi connectivity index (χ0) is 14.3. The summed E-state index contributed by atoms with van der Waals surface area (Å²) in [6, 6.07) is 8.94. The van der Waals surface area contributed by atoms with E-state index in [0.717, 1.165) is 9.79 Å². The number of benzene rings is 2. The van der Waals surface area contributed by atoms with Crippen LogP contribution in [0.15, 0.2) is 46.2 Å². The zero-order valence-electron chi connectivity index (χ0n) is 10.2. The Morgan fingerprint density at radius 2 is 1.95 bits per heavy atom. The minimum Gasteiger partial charge on any atom is -0.324 e. The number of halogens is 2. The minimum atomic E-state index is -0.674. The maximum absolute atomic E-state index is 12.9. The quantitative estimate of drug-likeness (QED) is 0.891. The van der Waals surface area contributed by atoms with Crippen molar-refractivity contribution in [3.8, 4) is 0 Å². The number of nitrogens with one attached hydrogen (secondary N) is 1. The second-order valence-electron chi connectivity index (χ2n) is 4.39. The smallest absolute Gasteiger partial charge is 0.245 e. The zero-order valence-corrected chi connectivity index (χ0v) is 11.8. The van der Waals surface area contributed by atoms with Crippen LogP contribution in [0.2, 0.25) is 5.02 Å². The van der Waals surface area contributed by atoms with Gasteiger partial charge in [0.1, 0.15) is 11.9 Å². The van der Waals surface area contributed by atoms with E-state index in [1.54, 1.807) is 24.3 Å². The van der Waals surface area contributed by atoms with E-state index in [0.29, 0.717) is 16.3 Å². The van der Waals surface area contributed by atoms with Gasteiger partial charge in [0, 0.05) is 21.0 Å². The molecule has 6 heteroatoms. The van der Waals surface area contributed by atoms with Gasteiger partial charge in [0.15, 0.2) is 0 Å². The molecule has 1 heterocycles. The highest BCUT2D eigenvalue weighted by molar-refractivity contribution is 7.99. The number of hydrogen-bond acceptors (Lipinski definition) is 3. The van der Waals surface area contributed by atoms with Crippen LogP contribution in [0.25, 0.3) is 0 Å². The van der Waals surface area contributed by atoms with E-state index in [1.807, 2.05) is 0 Å². The summed E-state index contributed by atoms with van der Waals surface area (Å²) in [6.07, 6.45) is 0. The number of hydrogen-bond donors (Lipinski definition) is 2. The lowest BCUT2D eigenvalue weighted by Gasteiger charge is -2.08. The third kappa shape index (κ3) is 2.40. The molecule has 3 nitrogen and oxygen atoms in total. The van der Waals surface area contributed by atoms with Crippen molar-refractivity contribution in [1.82, 2.24) is 0 Å². The highest BCUT2D eigenvalue weighted by Crippen LogP contribution is 2.40. The standard InChI is InChI=1S/C14H10ClFN2OS/c15-10-5-9-11(18-14(19)13(9)17)6-12(10)20-8-3-1-7(16)2-4-8/h1-6,13H,17H2,(H,18,19). The summed E-state index contributed by atoms with van der Waals surface area (Å²) < 4.78 is 12.9. The number of nitrogens with two attached hydrogens (primary N) is 1. The van der Waals surface area contributed by atoms with Crippen molar-refractivity contribution < 1.29 is 9.18 Å². The second kappa shape index (κ2) is 5.09. The summed E-state index contributed by atoms with van der Waals surface area (Å²) in [7, 11) is 0. The van der Waals surface area contributed by atoms with Gasteiger partial charge in [-0.3, -0.25) is 4.79 Å². The molecule has 20 heavy (non-hydrogen) atoms. The van der Waals surface area contributed by atoms with Crippen molar-refractivity contribution in [2.45, 2.75) is 15.8 Å². The molecule has 0 radical (unpaired) electrons. The number of fused-ring (bicyclic) bond motifs is 1. The summed E-state index contributed by atoms with van der Waals surface area (Å²) in [5, 5.41) is 3.23. The van der Waals surface area contributed by atoms with Crippen molar-refractivity contribution in [1.29, 1.82) is 0 Å². The lowest BCUT2D eigenvalue weighted by molar-refractivity contribution is -0.116. The normalized spacial score (nSPS) is 16.9. The average molecular weight is 309 g/mol. The van der Waals surface area contributed by atoms with Crippen molar-refractivity contribution >= 4 is 35.0 Å². The van der Waals surface area contributed by atoms with E-state index in [1.165, 1.54) is 23.9 Å². The van der Waals surface area contributed by atoms with Gasteiger partial charge in [0.2, 0.25) is 5.91 Å². The van der Waals surface area contributed by atoms with Gasteiger partial charge in [0.05, 0.1) is 5.02 Å². The van der Waals surface area contributed by atoms with Gasteiger partial charge < -0.3 is 11.1 Å². The molecular formula is C14H10ClFN2OS. The lowest BCUT2D eigenvalue weighted by atomic mass is 10.1. The molecule has 0 saturated heterocycles. The molecule has 1 unspecified atom stereocenters. The maximum Gasteiger partial charge on any atom is 0.245 e. The highest BCUT2D eigenvalue weighted by atomic mass is 35.5. The molecular weight excluding hydrogens is 299 g/mol. The van der Waals surface area contributed by atoms with E-state index >= 15 is 0 Å². The van der Waals surface area contributed by atoms with Gasteiger partial charge in [-0.05, 0) is 36.4 Å². The van der Waals surface area contributed by atoms with Crippen LogP contribution in [0, 0.1) is 5.82 Å². The Kier molecular flexibility index (Phi) is 3.41. The highest BCUT2D eigenvalue weighted by Gasteiger charge is 2.28. The molecule has 3 N–H and O–H groups in total. The second-order valence-corrected chi connectivity index (χ2v) is 5.92. The molecule has 0 spiro atoms. The SMILES string of the molecule is NC1C(=O)Nc2cc(Sc3ccc(F)cc3)c(Cl)cc21. The van der Waals surface area contributed by atoms with Crippen LogP contribution >= 0.6 is 23.4 Å². The van der Waals surface area contributed by atoms with Crippen LogP contribution in [-0.4, -0.2) is 5.91 Å². The Morgan fingerprint density at radius 3 is 2.65 bits per heavy atom. The number of anilines is 1. The van der Waals surface area contributed by atoms with Crippen LogP contribution in [-0.2, 0) is 4.79 Å². The van der Waals surface area contributed by atoms with Crippen molar-refractivity contribution in [3.05, 3.63) is 52.8 Å². The van der Waals surface area contributed by atoms with Crippen LogP contribution < -0.4 is 11.1 Å². The summed E-state index contributed by atoms with van der Waals surface area (Å²) >= 11 is 7.61. The third-order valence-corrected chi connectivity index (χ3v) is 4.51. The van der Waals surface area contributed by atoms with Crippen molar-refractivity contribution in [3.63, 3.8) is 0 Å². The molecule has 2 aromatic rings. The number of carbonyl (C=O) groups is 1. The first-order chi connectivity index (χ1) is 9.54. The fourth-order valence-corrected chi connectivity index (χ4v) is 3.14. The molecule has 1 aliphatic heterocycles. The molecule has 0 saturated carbocycles. The first-order valence-electron chi connectivity index (χ1n) is 5.88. The van der Waals surface area contributed by atoms with Crippen molar-refractivity contribution in [2.24, 2.45) is 5.73 Å². The summed E-state index contributed by atoms with van der Waals surface area (Å²) in [6.45, 7) is 0. The molecule has 0 aromatic heterocycles. The fourth-order valence-electron chi connectivity index (χ4n) is 1.99. The van der Waals surface area contributed by atoms with Gasteiger partial charge in [-0.1, -0.05) is 23.4 Å². The van der Waals surface area contributed by atoms with E-state index in [9.17, 15) is 9.18 Å². The van der Waals surface area contributed by atoms with Crippen LogP contribution in [0.3, 0.4) is 0 Å². The van der Waals surface area contributed by atoms with Gasteiger partial charge in [0.25, 0.3) is 0 Å². The Hall–Kier alpha value is -1.56. The molecule has 1 atom stereocenters. The Labute approximate surface area is 124 Å². The first-order valence-corrected chi connectivity index (χ1v) is 7.07. The van der Waals surface area contributed by atoms with Crippen LogP contribution in [0.1, 0.15) is 11.6 Å². The van der Waals surface area contributed by atoms with Crippen LogP contribution in [0.4, 0.5) is 10.1 Å². The monoisotopic (exact) mass is 308 g/mol. The Bertz CT molecular complexity index is 690. The largest absolute Gasteiger partial charge is 0.324 e. The van der Waals surface area contributed by atoms with E-state index < -0.39 is 6.04 Å². The van der Waals surface area contributed by atoms with Crippen molar-refractivity contribution in [2.75, 3.05) is 5.32 Å². The van der Waals surface area contributed by atoms with Gasteiger partial charge in [-0.25, -0.2) is 4.39 Å². The average Bonchev–Trinajstić information content (AvgIpc) is 2.69. The predicted molar refractivity (Wildman–Crippen MR) is 77.5 cm³/mol. The molecule has 1 aliphatic rings. The molecule has 0 bridgehead atoms. The lowest BCUT2D eigenvalue weighted by Crippen LogP contribution is -2.19. The van der Waals surface area contributed by atoms with Gasteiger partial charge >= 0.3 is 0 Å². The van der Waals surface area contributed by atoms with Gasteiger partial charge in [-0.2, -0.15) is 0 Å². The molecule has 0 aliphatic carbocycles. The molecule has 0 fully saturated rings. The fraction of sp³-hybridized carbons (Fsp3) is 0.0714. The van der Waals surface area contributed by atoms with Crippen LogP contribution in [0.5, 0.6) is 0 Å². The maximum atomic E-state index is 12.9. The molecule has 3 rings (SSSR count). The topological polar surface area (TPSA) is 55.1 Å². The number of carbonyl (C=O) groups excluding carboxylic acids is 1. The van der Waals surface area contributed by atoms with E-state index in [-0.39, 0.29) is 11.7 Å². The number of amides is 1. The Balaban J connectivity index is 1.94.